The Balaban J connectivity index is 1.67. The molecule has 2 aromatic carbocycles. The summed E-state index contributed by atoms with van der Waals surface area (Å²) in [4.78, 5) is 15.2. The molecular formula is C22H28ClN3O3S. The maximum absolute atomic E-state index is 12.8. The number of nitrogens with one attached hydrogen (secondary N) is 1. The normalized spacial score (nSPS) is 15.7. The van der Waals surface area contributed by atoms with Crippen LogP contribution in [0.1, 0.15) is 30.9 Å². The zero-order valence-corrected chi connectivity index (χ0v) is 18.9. The molecule has 1 amide bonds. The van der Waals surface area contributed by atoms with Crippen molar-refractivity contribution in [3.63, 3.8) is 0 Å². The van der Waals surface area contributed by atoms with Gasteiger partial charge in [0, 0.05) is 18.1 Å². The standard InChI is InChI=1S/C22H28ClN3O3S/c1-17(26(30(2,28)29)21-10-6-9-20(23)14-21)22(27)24-15-18-7-5-8-19(13-18)16-25-11-3-4-12-25/h5-10,13-14,17H,3-4,11-12,15-16H2,1-2H3,(H,24,27). The summed E-state index contributed by atoms with van der Waals surface area (Å²) in [7, 11) is -3.67. The molecule has 1 heterocycles. The van der Waals surface area contributed by atoms with Gasteiger partial charge < -0.3 is 5.32 Å². The van der Waals surface area contributed by atoms with Crippen LogP contribution in [0.2, 0.25) is 5.02 Å². The minimum Gasteiger partial charge on any atom is -0.350 e. The first-order chi connectivity index (χ1) is 14.2. The van der Waals surface area contributed by atoms with E-state index in [9.17, 15) is 13.2 Å². The number of rotatable bonds is 8. The van der Waals surface area contributed by atoms with Crippen molar-refractivity contribution in [2.45, 2.75) is 38.9 Å². The molecule has 30 heavy (non-hydrogen) atoms. The molecule has 0 saturated carbocycles. The van der Waals surface area contributed by atoms with Gasteiger partial charge in [-0.25, -0.2) is 8.42 Å². The molecule has 1 aliphatic rings. The first-order valence-corrected chi connectivity index (χ1v) is 12.3. The number of hydrogen-bond donors (Lipinski definition) is 1. The summed E-state index contributed by atoms with van der Waals surface area (Å²) in [5.74, 6) is -0.370. The Hall–Kier alpha value is -2.09. The number of benzene rings is 2. The van der Waals surface area contributed by atoms with Gasteiger partial charge in [-0.05, 0) is 62.2 Å². The van der Waals surface area contributed by atoms with E-state index >= 15 is 0 Å². The molecule has 8 heteroatoms. The van der Waals surface area contributed by atoms with Crippen molar-refractivity contribution >= 4 is 33.2 Å². The van der Waals surface area contributed by atoms with Crippen LogP contribution in [0.25, 0.3) is 0 Å². The van der Waals surface area contributed by atoms with Crippen LogP contribution in [0, 0.1) is 0 Å². The Morgan fingerprint density at radius 2 is 1.80 bits per heavy atom. The number of carbonyl (C=O) groups is 1. The molecule has 0 bridgehead atoms. The lowest BCUT2D eigenvalue weighted by Gasteiger charge is -2.28. The number of likely N-dealkylation sites (tertiary alicyclic amines) is 1. The molecule has 0 radical (unpaired) electrons. The van der Waals surface area contributed by atoms with Crippen molar-refractivity contribution in [2.75, 3.05) is 23.7 Å². The van der Waals surface area contributed by atoms with Crippen LogP contribution < -0.4 is 9.62 Å². The van der Waals surface area contributed by atoms with E-state index < -0.39 is 16.1 Å². The van der Waals surface area contributed by atoms with Gasteiger partial charge in [0.05, 0.1) is 11.9 Å². The molecule has 1 saturated heterocycles. The molecule has 0 spiro atoms. The minimum absolute atomic E-state index is 0.337. The van der Waals surface area contributed by atoms with E-state index in [1.807, 2.05) is 12.1 Å². The lowest BCUT2D eigenvalue weighted by atomic mass is 10.1. The molecule has 6 nitrogen and oxygen atoms in total. The van der Waals surface area contributed by atoms with Gasteiger partial charge >= 0.3 is 0 Å². The molecule has 1 aliphatic heterocycles. The second-order valence-corrected chi connectivity index (χ2v) is 10.0. The van der Waals surface area contributed by atoms with E-state index in [4.69, 9.17) is 11.6 Å². The van der Waals surface area contributed by atoms with Crippen LogP contribution >= 0.6 is 11.6 Å². The number of amides is 1. The highest BCUT2D eigenvalue weighted by Crippen LogP contribution is 2.24. The molecule has 1 atom stereocenters. The van der Waals surface area contributed by atoms with Gasteiger partial charge in [-0.15, -0.1) is 0 Å². The molecule has 2 aromatic rings. The van der Waals surface area contributed by atoms with Crippen LogP contribution in [0.5, 0.6) is 0 Å². The summed E-state index contributed by atoms with van der Waals surface area (Å²) in [6.07, 6.45) is 3.58. The van der Waals surface area contributed by atoms with E-state index in [0.29, 0.717) is 17.3 Å². The Labute approximate surface area is 183 Å². The largest absolute Gasteiger partial charge is 0.350 e. The molecule has 1 unspecified atom stereocenters. The summed E-state index contributed by atoms with van der Waals surface area (Å²) in [6.45, 7) is 5.08. The summed E-state index contributed by atoms with van der Waals surface area (Å²) in [5, 5.41) is 3.27. The Morgan fingerprint density at radius 3 is 2.47 bits per heavy atom. The van der Waals surface area contributed by atoms with E-state index in [-0.39, 0.29) is 5.91 Å². The maximum Gasteiger partial charge on any atom is 0.243 e. The average Bonchev–Trinajstić information content (AvgIpc) is 3.18. The molecule has 1 N–H and O–H groups in total. The molecule has 162 valence electrons. The highest BCUT2D eigenvalue weighted by molar-refractivity contribution is 7.92. The zero-order chi connectivity index (χ0) is 21.7. The maximum atomic E-state index is 12.8. The van der Waals surface area contributed by atoms with Crippen molar-refractivity contribution in [1.82, 2.24) is 10.2 Å². The first kappa shape index (κ1) is 22.6. The van der Waals surface area contributed by atoms with Crippen LogP contribution in [-0.2, 0) is 27.9 Å². The van der Waals surface area contributed by atoms with Crippen LogP contribution in [0.4, 0.5) is 5.69 Å². The monoisotopic (exact) mass is 449 g/mol. The fourth-order valence-corrected chi connectivity index (χ4v) is 5.15. The van der Waals surface area contributed by atoms with Crippen molar-refractivity contribution in [3.05, 3.63) is 64.7 Å². The molecule has 0 aliphatic carbocycles. The molecular weight excluding hydrogens is 422 g/mol. The van der Waals surface area contributed by atoms with Crippen molar-refractivity contribution in [3.8, 4) is 0 Å². The number of hydrogen-bond acceptors (Lipinski definition) is 4. The highest BCUT2D eigenvalue weighted by atomic mass is 35.5. The molecule has 3 rings (SSSR count). The lowest BCUT2D eigenvalue weighted by Crippen LogP contribution is -2.47. The number of nitrogens with zero attached hydrogens (tertiary/aromatic N) is 2. The van der Waals surface area contributed by atoms with Gasteiger partial charge in [0.15, 0.2) is 0 Å². The van der Waals surface area contributed by atoms with Gasteiger partial charge in [-0.1, -0.05) is 41.9 Å². The Kier molecular flexibility index (Phi) is 7.39. The fourth-order valence-electron chi connectivity index (χ4n) is 3.80. The van der Waals surface area contributed by atoms with Gasteiger partial charge in [-0.3, -0.25) is 14.0 Å². The summed E-state index contributed by atoms with van der Waals surface area (Å²) in [6, 6.07) is 13.7. The quantitative estimate of drug-likeness (QED) is 0.670. The Morgan fingerprint density at radius 1 is 1.13 bits per heavy atom. The smallest absolute Gasteiger partial charge is 0.243 e. The highest BCUT2D eigenvalue weighted by Gasteiger charge is 2.29. The molecule has 1 fully saturated rings. The van der Waals surface area contributed by atoms with Gasteiger partial charge in [-0.2, -0.15) is 0 Å². The Bertz CT molecular complexity index is 991. The fraction of sp³-hybridized carbons (Fsp3) is 0.409. The zero-order valence-electron chi connectivity index (χ0n) is 17.3. The number of carbonyl (C=O) groups excluding carboxylic acids is 1. The summed E-state index contributed by atoms with van der Waals surface area (Å²) >= 11 is 6.01. The average molecular weight is 450 g/mol. The second-order valence-electron chi connectivity index (χ2n) is 7.74. The first-order valence-electron chi connectivity index (χ1n) is 10.1. The van der Waals surface area contributed by atoms with E-state index in [1.54, 1.807) is 25.1 Å². The number of sulfonamides is 1. The third-order valence-corrected chi connectivity index (χ3v) is 6.69. The topological polar surface area (TPSA) is 69.7 Å². The van der Waals surface area contributed by atoms with E-state index in [0.717, 1.165) is 35.8 Å². The third kappa shape index (κ3) is 5.97. The molecule has 0 aromatic heterocycles. The SMILES string of the molecule is CC(C(=O)NCc1cccc(CN2CCCC2)c1)N(c1cccc(Cl)c1)S(C)(=O)=O. The number of halogens is 1. The van der Waals surface area contributed by atoms with Gasteiger partial charge in [0.25, 0.3) is 0 Å². The summed E-state index contributed by atoms with van der Waals surface area (Å²) < 4.78 is 25.8. The predicted octanol–water partition coefficient (Wildman–Crippen LogP) is 3.41. The number of anilines is 1. The minimum atomic E-state index is -3.67. The predicted molar refractivity (Wildman–Crippen MR) is 121 cm³/mol. The third-order valence-electron chi connectivity index (χ3n) is 5.21. The lowest BCUT2D eigenvalue weighted by molar-refractivity contribution is -0.122. The van der Waals surface area contributed by atoms with Crippen LogP contribution in [0.15, 0.2) is 48.5 Å². The van der Waals surface area contributed by atoms with Gasteiger partial charge in [0.1, 0.15) is 6.04 Å². The van der Waals surface area contributed by atoms with Crippen molar-refractivity contribution < 1.29 is 13.2 Å². The second kappa shape index (κ2) is 9.81. The van der Waals surface area contributed by atoms with Crippen LogP contribution in [-0.4, -0.2) is 44.6 Å². The van der Waals surface area contributed by atoms with E-state index in [1.165, 1.54) is 24.5 Å². The van der Waals surface area contributed by atoms with E-state index in [2.05, 4.69) is 22.3 Å². The van der Waals surface area contributed by atoms with Crippen molar-refractivity contribution in [1.29, 1.82) is 0 Å². The van der Waals surface area contributed by atoms with Crippen LogP contribution in [0.3, 0.4) is 0 Å². The van der Waals surface area contributed by atoms with Gasteiger partial charge in [0.2, 0.25) is 15.9 Å². The summed E-state index contributed by atoms with van der Waals surface area (Å²) in [5.41, 5.74) is 2.56. The van der Waals surface area contributed by atoms with Crippen molar-refractivity contribution in [2.24, 2.45) is 0 Å².